The zero-order valence-electron chi connectivity index (χ0n) is 12.5. The molecule has 2 heterocycles. The summed E-state index contributed by atoms with van der Waals surface area (Å²) in [4.78, 5) is 11.9. The minimum absolute atomic E-state index is 0.234. The Kier molecular flexibility index (Phi) is 3.55. The van der Waals surface area contributed by atoms with Gasteiger partial charge in [-0.15, -0.1) is 0 Å². The van der Waals surface area contributed by atoms with Gasteiger partial charge in [-0.1, -0.05) is 17.7 Å². The molecule has 0 aliphatic heterocycles. The molecular formula is C18H13ClN4O. The first-order valence-corrected chi connectivity index (χ1v) is 7.72. The predicted octanol–water partition coefficient (Wildman–Crippen LogP) is 4.73. The SMILES string of the molecule is Oc1ccc(-c2cc3c(Nc4cccc(Cl)c4)ncnc3[nH]2)cc1. The first-order valence-electron chi connectivity index (χ1n) is 7.35. The van der Waals surface area contributed by atoms with Crippen molar-refractivity contribution in [3.05, 3.63) is 65.9 Å². The van der Waals surface area contributed by atoms with Crippen LogP contribution in [0.25, 0.3) is 22.3 Å². The average Bonchev–Trinajstić information content (AvgIpc) is 3.01. The molecule has 5 nitrogen and oxygen atoms in total. The second kappa shape index (κ2) is 5.86. The van der Waals surface area contributed by atoms with Crippen molar-refractivity contribution in [2.75, 3.05) is 5.32 Å². The van der Waals surface area contributed by atoms with Crippen molar-refractivity contribution in [3.63, 3.8) is 0 Å². The average molecular weight is 337 g/mol. The van der Waals surface area contributed by atoms with E-state index in [-0.39, 0.29) is 5.75 Å². The van der Waals surface area contributed by atoms with Crippen LogP contribution < -0.4 is 5.32 Å². The van der Waals surface area contributed by atoms with Gasteiger partial charge in [-0.3, -0.25) is 0 Å². The number of phenolic OH excluding ortho intramolecular Hbond substituents is 1. The molecule has 0 saturated heterocycles. The van der Waals surface area contributed by atoms with Crippen LogP contribution in [-0.2, 0) is 0 Å². The van der Waals surface area contributed by atoms with Crippen molar-refractivity contribution < 1.29 is 5.11 Å². The molecule has 0 atom stereocenters. The van der Waals surface area contributed by atoms with Gasteiger partial charge in [-0.05, 0) is 54.1 Å². The summed E-state index contributed by atoms with van der Waals surface area (Å²) in [7, 11) is 0. The molecule has 0 radical (unpaired) electrons. The summed E-state index contributed by atoms with van der Waals surface area (Å²) in [6.45, 7) is 0. The summed E-state index contributed by atoms with van der Waals surface area (Å²) in [5.41, 5.74) is 3.45. The molecule has 0 amide bonds. The third-order valence-corrected chi connectivity index (χ3v) is 3.93. The number of hydrogen-bond acceptors (Lipinski definition) is 4. The number of rotatable bonds is 3. The zero-order valence-corrected chi connectivity index (χ0v) is 13.2. The second-order valence-electron chi connectivity index (χ2n) is 5.35. The normalized spacial score (nSPS) is 10.9. The number of H-pyrrole nitrogens is 1. The number of hydrogen-bond donors (Lipinski definition) is 3. The molecule has 0 spiro atoms. The molecule has 4 aromatic rings. The number of nitrogens with one attached hydrogen (secondary N) is 2. The molecular weight excluding hydrogens is 324 g/mol. The largest absolute Gasteiger partial charge is 0.508 e. The van der Waals surface area contributed by atoms with Crippen molar-refractivity contribution in [1.29, 1.82) is 0 Å². The maximum atomic E-state index is 9.42. The minimum Gasteiger partial charge on any atom is -0.508 e. The Labute approximate surface area is 143 Å². The Bertz CT molecular complexity index is 1010. The van der Waals surface area contributed by atoms with Gasteiger partial charge in [0, 0.05) is 16.4 Å². The maximum absolute atomic E-state index is 9.42. The Morgan fingerprint density at radius 3 is 2.62 bits per heavy atom. The summed E-state index contributed by atoms with van der Waals surface area (Å²) in [6.07, 6.45) is 1.51. The molecule has 2 aromatic heterocycles. The second-order valence-corrected chi connectivity index (χ2v) is 5.79. The smallest absolute Gasteiger partial charge is 0.143 e. The van der Waals surface area contributed by atoms with E-state index >= 15 is 0 Å². The first-order chi connectivity index (χ1) is 11.7. The van der Waals surface area contributed by atoms with Gasteiger partial charge in [0.05, 0.1) is 5.39 Å². The zero-order chi connectivity index (χ0) is 16.5. The van der Waals surface area contributed by atoms with E-state index in [1.807, 2.05) is 42.5 Å². The molecule has 6 heteroatoms. The van der Waals surface area contributed by atoms with Gasteiger partial charge < -0.3 is 15.4 Å². The molecule has 3 N–H and O–H groups in total. The first kappa shape index (κ1) is 14.5. The van der Waals surface area contributed by atoms with Gasteiger partial charge in [0.1, 0.15) is 23.5 Å². The summed E-state index contributed by atoms with van der Waals surface area (Å²) in [5.74, 6) is 0.932. The number of aromatic nitrogens is 3. The van der Waals surface area contributed by atoms with E-state index in [4.69, 9.17) is 11.6 Å². The number of aromatic amines is 1. The van der Waals surface area contributed by atoms with Crippen LogP contribution in [0.1, 0.15) is 0 Å². The van der Waals surface area contributed by atoms with Crippen LogP contribution in [0.2, 0.25) is 5.02 Å². The Hall–Kier alpha value is -3.05. The van der Waals surface area contributed by atoms with Crippen molar-refractivity contribution >= 4 is 34.1 Å². The van der Waals surface area contributed by atoms with Crippen molar-refractivity contribution in [3.8, 4) is 17.0 Å². The van der Waals surface area contributed by atoms with Gasteiger partial charge in [0.15, 0.2) is 0 Å². The molecule has 118 valence electrons. The summed E-state index contributed by atoms with van der Waals surface area (Å²) in [5, 5.41) is 14.2. The number of phenols is 1. The van der Waals surface area contributed by atoms with E-state index in [2.05, 4.69) is 20.3 Å². The highest BCUT2D eigenvalue weighted by atomic mass is 35.5. The molecule has 0 fully saturated rings. The topological polar surface area (TPSA) is 73.8 Å². The highest BCUT2D eigenvalue weighted by molar-refractivity contribution is 6.30. The third-order valence-electron chi connectivity index (χ3n) is 3.69. The van der Waals surface area contributed by atoms with E-state index < -0.39 is 0 Å². The fraction of sp³-hybridized carbons (Fsp3) is 0. The van der Waals surface area contributed by atoms with Crippen molar-refractivity contribution in [2.24, 2.45) is 0 Å². The lowest BCUT2D eigenvalue weighted by Crippen LogP contribution is -1.94. The number of fused-ring (bicyclic) bond motifs is 1. The molecule has 0 saturated carbocycles. The highest BCUT2D eigenvalue weighted by Gasteiger charge is 2.10. The van der Waals surface area contributed by atoms with E-state index in [0.717, 1.165) is 28.0 Å². The van der Waals surface area contributed by atoms with Gasteiger partial charge in [0.25, 0.3) is 0 Å². The number of halogens is 1. The maximum Gasteiger partial charge on any atom is 0.143 e. The van der Waals surface area contributed by atoms with Crippen LogP contribution in [0.5, 0.6) is 5.75 Å². The summed E-state index contributed by atoms with van der Waals surface area (Å²) >= 11 is 6.03. The fourth-order valence-corrected chi connectivity index (χ4v) is 2.73. The molecule has 0 aliphatic carbocycles. The Morgan fingerprint density at radius 1 is 1.00 bits per heavy atom. The van der Waals surface area contributed by atoms with Crippen LogP contribution in [0.15, 0.2) is 60.9 Å². The molecule has 0 bridgehead atoms. The van der Waals surface area contributed by atoms with Gasteiger partial charge in [-0.25, -0.2) is 9.97 Å². The Morgan fingerprint density at radius 2 is 1.83 bits per heavy atom. The standard InChI is InChI=1S/C18H13ClN4O/c19-12-2-1-3-13(8-12)22-17-15-9-16(23-18(15)21-10-20-17)11-4-6-14(24)7-5-11/h1-10,24H,(H2,20,21,22,23). The Balaban J connectivity index is 1.76. The monoisotopic (exact) mass is 336 g/mol. The van der Waals surface area contributed by atoms with E-state index in [0.29, 0.717) is 10.8 Å². The van der Waals surface area contributed by atoms with Gasteiger partial charge in [0.2, 0.25) is 0 Å². The lowest BCUT2D eigenvalue weighted by Gasteiger charge is -2.06. The minimum atomic E-state index is 0.234. The lowest BCUT2D eigenvalue weighted by molar-refractivity contribution is 0.475. The summed E-state index contributed by atoms with van der Waals surface area (Å²) in [6, 6.07) is 16.4. The number of anilines is 2. The lowest BCUT2D eigenvalue weighted by atomic mass is 10.1. The van der Waals surface area contributed by atoms with Gasteiger partial charge in [-0.2, -0.15) is 0 Å². The quantitative estimate of drug-likeness (QED) is 0.505. The van der Waals surface area contributed by atoms with Crippen LogP contribution in [0, 0.1) is 0 Å². The third kappa shape index (κ3) is 2.77. The van der Waals surface area contributed by atoms with E-state index in [1.54, 1.807) is 12.1 Å². The van der Waals surface area contributed by atoms with Gasteiger partial charge >= 0.3 is 0 Å². The summed E-state index contributed by atoms with van der Waals surface area (Å²) < 4.78 is 0. The number of nitrogens with zero attached hydrogens (tertiary/aromatic N) is 2. The fourth-order valence-electron chi connectivity index (χ4n) is 2.54. The highest BCUT2D eigenvalue weighted by Crippen LogP contribution is 2.29. The van der Waals surface area contributed by atoms with Crippen LogP contribution >= 0.6 is 11.6 Å². The van der Waals surface area contributed by atoms with E-state index in [1.165, 1.54) is 6.33 Å². The van der Waals surface area contributed by atoms with Crippen molar-refractivity contribution in [2.45, 2.75) is 0 Å². The molecule has 0 aliphatic rings. The molecule has 4 rings (SSSR count). The van der Waals surface area contributed by atoms with E-state index in [9.17, 15) is 5.11 Å². The molecule has 24 heavy (non-hydrogen) atoms. The molecule has 2 aromatic carbocycles. The van der Waals surface area contributed by atoms with Crippen LogP contribution in [-0.4, -0.2) is 20.1 Å². The number of aromatic hydroxyl groups is 1. The molecule has 0 unspecified atom stereocenters. The van der Waals surface area contributed by atoms with Crippen LogP contribution in [0.4, 0.5) is 11.5 Å². The predicted molar refractivity (Wildman–Crippen MR) is 95.7 cm³/mol. The van der Waals surface area contributed by atoms with Crippen molar-refractivity contribution in [1.82, 2.24) is 15.0 Å². The van der Waals surface area contributed by atoms with Crippen LogP contribution in [0.3, 0.4) is 0 Å². The number of benzene rings is 2.